The molecule has 1 aliphatic rings. The average Bonchev–Trinajstić information content (AvgIpc) is 3.10. The topological polar surface area (TPSA) is 60.6 Å². The number of ether oxygens (including phenoxy) is 2. The van der Waals surface area contributed by atoms with Crippen LogP contribution < -0.4 is 4.74 Å². The van der Waals surface area contributed by atoms with Crippen LogP contribution in [0.2, 0.25) is 0 Å². The molecular formula is C19H21N3O3. The Hall–Kier alpha value is -2.44. The Morgan fingerprint density at radius 3 is 2.96 bits per heavy atom. The number of hydrogen-bond donors (Lipinski definition) is 0. The molecule has 2 aromatic carbocycles. The van der Waals surface area contributed by atoms with Crippen molar-refractivity contribution >= 4 is 11.0 Å². The highest BCUT2D eigenvalue weighted by Crippen LogP contribution is 2.19. The van der Waals surface area contributed by atoms with Gasteiger partial charge in [-0.05, 0) is 45.7 Å². The average molecular weight is 339 g/mol. The van der Waals surface area contributed by atoms with Gasteiger partial charge in [0.15, 0.2) is 0 Å². The lowest BCUT2D eigenvalue weighted by molar-refractivity contribution is -0.0304. The van der Waals surface area contributed by atoms with Gasteiger partial charge in [-0.25, -0.2) is 4.63 Å². The van der Waals surface area contributed by atoms with Crippen LogP contribution >= 0.6 is 0 Å². The van der Waals surface area contributed by atoms with Gasteiger partial charge in [0.1, 0.15) is 16.8 Å². The van der Waals surface area contributed by atoms with Gasteiger partial charge >= 0.3 is 0 Å². The van der Waals surface area contributed by atoms with E-state index in [0.29, 0.717) is 0 Å². The molecule has 0 saturated carbocycles. The summed E-state index contributed by atoms with van der Waals surface area (Å²) in [5.41, 5.74) is 4.05. The first kappa shape index (κ1) is 16.1. The molecule has 0 amide bonds. The number of methoxy groups -OCH3 is 1. The molecule has 1 fully saturated rings. The molecule has 0 N–H and O–H groups in total. The Kier molecular flexibility index (Phi) is 4.63. The molecule has 0 spiro atoms. The third kappa shape index (κ3) is 3.81. The molecule has 25 heavy (non-hydrogen) atoms. The number of fused-ring (bicyclic) bond motifs is 1. The molecule has 6 nitrogen and oxygen atoms in total. The van der Waals surface area contributed by atoms with Crippen LogP contribution in [0, 0.1) is 0 Å². The Balaban J connectivity index is 1.40. The summed E-state index contributed by atoms with van der Waals surface area (Å²) in [6.45, 7) is 3.47. The van der Waals surface area contributed by atoms with Crippen molar-refractivity contribution in [2.24, 2.45) is 0 Å². The van der Waals surface area contributed by atoms with Crippen molar-refractivity contribution in [2.75, 3.05) is 26.8 Å². The molecule has 1 unspecified atom stereocenters. The molecule has 1 aliphatic heterocycles. The maximum Gasteiger partial charge on any atom is 0.135 e. The maximum absolute atomic E-state index is 5.96. The summed E-state index contributed by atoms with van der Waals surface area (Å²) in [7, 11) is 1.69. The highest BCUT2D eigenvalue weighted by atomic mass is 16.6. The lowest BCUT2D eigenvalue weighted by Crippen LogP contribution is -2.42. The van der Waals surface area contributed by atoms with Crippen molar-refractivity contribution in [3.05, 3.63) is 53.6 Å². The number of morpholine rings is 1. The normalized spacial score (nSPS) is 18.5. The number of hydrogen-bond acceptors (Lipinski definition) is 6. The van der Waals surface area contributed by atoms with Crippen LogP contribution in [-0.4, -0.2) is 48.1 Å². The van der Waals surface area contributed by atoms with Crippen LogP contribution in [0.4, 0.5) is 0 Å². The Labute approximate surface area is 146 Å². The van der Waals surface area contributed by atoms with Gasteiger partial charge in [-0.3, -0.25) is 4.90 Å². The molecule has 2 heterocycles. The van der Waals surface area contributed by atoms with Gasteiger partial charge in [0.25, 0.3) is 0 Å². The Morgan fingerprint density at radius 1 is 1.12 bits per heavy atom. The van der Waals surface area contributed by atoms with Gasteiger partial charge in [0.05, 0.1) is 19.8 Å². The third-order valence-electron chi connectivity index (χ3n) is 4.54. The first-order valence-corrected chi connectivity index (χ1v) is 8.48. The Bertz CT molecular complexity index is 849. The van der Waals surface area contributed by atoms with E-state index in [9.17, 15) is 0 Å². The first-order chi connectivity index (χ1) is 12.3. The van der Waals surface area contributed by atoms with E-state index in [2.05, 4.69) is 33.4 Å². The van der Waals surface area contributed by atoms with Crippen LogP contribution in [-0.2, 0) is 17.7 Å². The summed E-state index contributed by atoms with van der Waals surface area (Å²) in [6, 6.07) is 14.3. The van der Waals surface area contributed by atoms with Crippen LogP contribution in [0.3, 0.4) is 0 Å². The summed E-state index contributed by atoms with van der Waals surface area (Å²) in [5.74, 6) is 0.889. The van der Waals surface area contributed by atoms with Gasteiger partial charge in [-0.2, -0.15) is 0 Å². The number of nitrogens with zero attached hydrogens (tertiary/aromatic N) is 3. The van der Waals surface area contributed by atoms with Crippen molar-refractivity contribution < 1.29 is 14.1 Å². The standard InChI is InChI=1S/C19H21N3O3/c1-23-16-4-2-3-14(9-16)10-17-13-22(7-8-24-17)12-15-5-6-18-19(11-15)21-25-20-18/h2-6,9,11,17H,7-8,10,12-13H2,1H3. The summed E-state index contributed by atoms with van der Waals surface area (Å²) in [5, 5.41) is 7.77. The van der Waals surface area contributed by atoms with E-state index < -0.39 is 0 Å². The van der Waals surface area contributed by atoms with Crippen LogP contribution in [0.1, 0.15) is 11.1 Å². The first-order valence-electron chi connectivity index (χ1n) is 8.48. The predicted molar refractivity (Wildman–Crippen MR) is 93.5 cm³/mol. The minimum absolute atomic E-state index is 0.193. The van der Waals surface area contributed by atoms with Crippen molar-refractivity contribution in [3.8, 4) is 5.75 Å². The van der Waals surface area contributed by atoms with Gasteiger partial charge in [-0.15, -0.1) is 0 Å². The van der Waals surface area contributed by atoms with E-state index in [0.717, 1.165) is 49.4 Å². The monoisotopic (exact) mass is 339 g/mol. The van der Waals surface area contributed by atoms with Crippen LogP contribution in [0.15, 0.2) is 47.1 Å². The molecule has 0 radical (unpaired) electrons. The molecule has 4 rings (SSSR count). The van der Waals surface area contributed by atoms with Crippen molar-refractivity contribution in [1.29, 1.82) is 0 Å². The second kappa shape index (κ2) is 7.21. The molecule has 1 atom stereocenters. The fourth-order valence-electron chi connectivity index (χ4n) is 3.29. The van der Waals surface area contributed by atoms with E-state index in [-0.39, 0.29) is 6.10 Å². The fourth-order valence-corrected chi connectivity index (χ4v) is 3.29. The molecule has 6 heteroatoms. The molecule has 0 aliphatic carbocycles. The van der Waals surface area contributed by atoms with Crippen LogP contribution in [0.5, 0.6) is 5.75 Å². The zero-order chi connectivity index (χ0) is 17.1. The van der Waals surface area contributed by atoms with Gasteiger partial charge in [-0.1, -0.05) is 18.2 Å². The molecule has 130 valence electrons. The largest absolute Gasteiger partial charge is 0.497 e. The molecular weight excluding hydrogens is 318 g/mol. The number of benzene rings is 2. The minimum atomic E-state index is 0.193. The minimum Gasteiger partial charge on any atom is -0.497 e. The van der Waals surface area contributed by atoms with Crippen molar-refractivity contribution in [3.63, 3.8) is 0 Å². The van der Waals surface area contributed by atoms with E-state index in [1.807, 2.05) is 24.3 Å². The molecule has 0 bridgehead atoms. The lowest BCUT2D eigenvalue weighted by atomic mass is 10.1. The third-order valence-corrected chi connectivity index (χ3v) is 4.54. The van der Waals surface area contributed by atoms with Crippen molar-refractivity contribution in [2.45, 2.75) is 19.1 Å². The summed E-state index contributed by atoms with van der Waals surface area (Å²) in [6.07, 6.45) is 1.08. The van der Waals surface area contributed by atoms with E-state index in [1.54, 1.807) is 7.11 Å². The highest BCUT2D eigenvalue weighted by Gasteiger charge is 2.21. The molecule has 1 aromatic heterocycles. The van der Waals surface area contributed by atoms with E-state index >= 15 is 0 Å². The summed E-state index contributed by atoms with van der Waals surface area (Å²) >= 11 is 0. The maximum atomic E-state index is 5.96. The summed E-state index contributed by atoms with van der Waals surface area (Å²) < 4.78 is 16.0. The SMILES string of the molecule is COc1cccc(CC2CN(Cc3ccc4nonc4c3)CCO2)c1. The zero-order valence-corrected chi connectivity index (χ0v) is 14.2. The highest BCUT2D eigenvalue weighted by molar-refractivity contribution is 5.73. The number of rotatable bonds is 5. The lowest BCUT2D eigenvalue weighted by Gasteiger charge is -2.33. The summed E-state index contributed by atoms with van der Waals surface area (Å²) in [4.78, 5) is 2.42. The number of aromatic nitrogens is 2. The van der Waals surface area contributed by atoms with Crippen molar-refractivity contribution in [1.82, 2.24) is 15.2 Å². The van der Waals surface area contributed by atoms with Gasteiger partial charge in [0, 0.05) is 26.1 Å². The smallest absolute Gasteiger partial charge is 0.135 e. The van der Waals surface area contributed by atoms with Gasteiger partial charge < -0.3 is 9.47 Å². The predicted octanol–water partition coefficient (Wildman–Crippen LogP) is 2.67. The van der Waals surface area contributed by atoms with Gasteiger partial charge in [0.2, 0.25) is 0 Å². The molecule has 1 saturated heterocycles. The Morgan fingerprint density at radius 2 is 2.04 bits per heavy atom. The second-order valence-electron chi connectivity index (χ2n) is 6.37. The van der Waals surface area contributed by atoms with Crippen LogP contribution in [0.25, 0.3) is 11.0 Å². The zero-order valence-electron chi connectivity index (χ0n) is 14.2. The van der Waals surface area contributed by atoms with E-state index in [4.69, 9.17) is 14.1 Å². The second-order valence-corrected chi connectivity index (χ2v) is 6.37. The quantitative estimate of drug-likeness (QED) is 0.712. The fraction of sp³-hybridized carbons (Fsp3) is 0.368. The van der Waals surface area contributed by atoms with E-state index in [1.165, 1.54) is 11.1 Å². The molecule has 3 aromatic rings.